The Hall–Kier alpha value is -1.30. The van der Waals surface area contributed by atoms with E-state index < -0.39 is 0 Å². The van der Waals surface area contributed by atoms with Gasteiger partial charge in [-0.3, -0.25) is 19.4 Å². The van der Waals surface area contributed by atoms with Crippen LogP contribution in [-0.4, -0.2) is 171 Å². The van der Waals surface area contributed by atoms with Gasteiger partial charge < -0.3 is 30.2 Å². The molecule has 0 spiro atoms. The Morgan fingerprint density at radius 2 is 0.727 bits per heavy atom. The SMILES string of the molecule is CCN(CC)CCN(CC)CC(C(=O)NCC(C)CNC(=O)C(CN(CC)CCN(CC)CC)N(CC)CC)N(CC)CC. The van der Waals surface area contributed by atoms with Crippen LogP contribution in [0.25, 0.3) is 0 Å². The molecular formula is C34H74N8O2. The molecule has 0 heterocycles. The van der Waals surface area contributed by atoms with E-state index in [9.17, 15) is 9.59 Å². The van der Waals surface area contributed by atoms with Gasteiger partial charge in [0.15, 0.2) is 0 Å². The van der Waals surface area contributed by atoms with E-state index >= 15 is 0 Å². The molecule has 262 valence electrons. The minimum Gasteiger partial charge on any atom is -0.354 e. The summed E-state index contributed by atoms with van der Waals surface area (Å²) in [5, 5.41) is 6.47. The van der Waals surface area contributed by atoms with Crippen molar-refractivity contribution in [2.24, 2.45) is 5.92 Å². The molecule has 2 unspecified atom stereocenters. The molecular weight excluding hydrogens is 552 g/mol. The summed E-state index contributed by atoms with van der Waals surface area (Å²) >= 11 is 0. The predicted molar refractivity (Wildman–Crippen MR) is 188 cm³/mol. The molecule has 0 bridgehead atoms. The largest absolute Gasteiger partial charge is 0.354 e. The first-order valence-corrected chi connectivity index (χ1v) is 18.1. The molecule has 0 saturated carbocycles. The first-order chi connectivity index (χ1) is 21.1. The Kier molecular flexibility index (Phi) is 25.1. The number of hydrogen-bond donors (Lipinski definition) is 2. The van der Waals surface area contributed by atoms with Crippen molar-refractivity contribution in [1.29, 1.82) is 0 Å². The molecule has 0 aliphatic heterocycles. The Labute approximate surface area is 273 Å². The van der Waals surface area contributed by atoms with E-state index in [0.29, 0.717) is 13.1 Å². The normalized spacial score (nSPS) is 14.3. The van der Waals surface area contributed by atoms with Crippen LogP contribution >= 0.6 is 0 Å². The number of rotatable bonds is 28. The van der Waals surface area contributed by atoms with Gasteiger partial charge in [0.05, 0.1) is 0 Å². The highest BCUT2D eigenvalue weighted by Gasteiger charge is 2.28. The minimum absolute atomic E-state index is 0.0842. The molecule has 0 aromatic carbocycles. The molecule has 2 N–H and O–H groups in total. The number of amides is 2. The average molecular weight is 627 g/mol. The molecule has 44 heavy (non-hydrogen) atoms. The van der Waals surface area contributed by atoms with Crippen molar-refractivity contribution < 1.29 is 9.59 Å². The fraction of sp³-hybridized carbons (Fsp3) is 0.941. The van der Waals surface area contributed by atoms with Gasteiger partial charge in [-0.1, -0.05) is 76.2 Å². The summed E-state index contributed by atoms with van der Waals surface area (Å²) in [4.78, 5) is 41.3. The van der Waals surface area contributed by atoms with Crippen molar-refractivity contribution in [3.05, 3.63) is 0 Å². The summed E-state index contributed by atoms with van der Waals surface area (Å²) in [6.45, 7) is 39.7. The zero-order chi connectivity index (χ0) is 33.5. The highest BCUT2D eigenvalue weighted by Crippen LogP contribution is 2.07. The van der Waals surface area contributed by atoms with Crippen LogP contribution in [0, 0.1) is 5.92 Å². The van der Waals surface area contributed by atoms with Crippen molar-refractivity contribution >= 4 is 11.8 Å². The number of carbonyl (C=O) groups excluding carboxylic acids is 2. The van der Waals surface area contributed by atoms with Gasteiger partial charge in [0, 0.05) is 52.4 Å². The van der Waals surface area contributed by atoms with Gasteiger partial charge in [0.2, 0.25) is 11.8 Å². The first-order valence-electron chi connectivity index (χ1n) is 18.1. The molecule has 0 aromatic rings. The number of hydrogen-bond acceptors (Lipinski definition) is 8. The van der Waals surface area contributed by atoms with Gasteiger partial charge in [-0.25, -0.2) is 0 Å². The summed E-state index contributed by atoms with van der Waals surface area (Å²) in [6, 6.07) is -0.376. The fourth-order valence-corrected chi connectivity index (χ4v) is 5.81. The predicted octanol–water partition coefficient (Wildman–Crippen LogP) is 2.60. The van der Waals surface area contributed by atoms with Gasteiger partial charge >= 0.3 is 0 Å². The summed E-state index contributed by atoms with van der Waals surface area (Å²) < 4.78 is 0. The molecule has 0 aliphatic rings. The zero-order valence-electron chi connectivity index (χ0n) is 31.0. The van der Waals surface area contributed by atoms with Crippen molar-refractivity contribution in [2.75, 3.05) is 118 Å². The number of nitrogens with zero attached hydrogens (tertiary/aromatic N) is 6. The molecule has 0 saturated heterocycles. The van der Waals surface area contributed by atoms with Crippen LogP contribution in [0.1, 0.15) is 76.2 Å². The molecule has 0 fully saturated rings. The van der Waals surface area contributed by atoms with Crippen LogP contribution in [0.15, 0.2) is 0 Å². The lowest BCUT2D eigenvalue weighted by Gasteiger charge is -2.34. The summed E-state index contributed by atoms with van der Waals surface area (Å²) in [5.74, 6) is 0.300. The third kappa shape index (κ3) is 16.3. The van der Waals surface area contributed by atoms with Crippen molar-refractivity contribution in [3.8, 4) is 0 Å². The second-order valence-corrected chi connectivity index (χ2v) is 11.9. The number of nitrogens with one attached hydrogen (secondary N) is 2. The fourth-order valence-electron chi connectivity index (χ4n) is 5.81. The van der Waals surface area contributed by atoms with Crippen LogP contribution in [0.2, 0.25) is 0 Å². The summed E-state index contributed by atoms with van der Waals surface area (Å²) in [6.07, 6.45) is 0. The lowest BCUT2D eigenvalue weighted by Crippen LogP contribution is -2.55. The molecule has 2 atom stereocenters. The Balaban J connectivity index is 5.25. The second-order valence-electron chi connectivity index (χ2n) is 11.9. The van der Waals surface area contributed by atoms with Gasteiger partial charge in [-0.05, 0) is 71.4 Å². The smallest absolute Gasteiger partial charge is 0.238 e. The van der Waals surface area contributed by atoms with Crippen LogP contribution in [0.3, 0.4) is 0 Å². The third-order valence-electron chi connectivity index (χ3n) is 9.37. The maximum atomic E-state index is 13.5. The van der Waals surface area contributed by atoms with E-state index in [1.165, 1.54) is 0 Å². The van der Waals surface area contributed by atoms with E-state index in [1.807, 2.05) is 0 Å². The zero-order valence-corrected chi connectivity index (χ0v) is 31.0. The van der Waals surface area contributed by atoms with Gasteiger partial charge in [0.25, 0.3) is 0 Å². The molecule has 10 nitrogen and oxygen atoms in total. The van der Waals surface area contributed by atoms with Crippen molar-refractivity contribution in [3.63, 3.8) is 0 Å². The van der Waals surface area contributed by atoms with E-state index in [2.05, 4.69) is 116 Å². The van der Waals surface area contributed by atoms with Crippen LogP contribution < -0.4 is 10.6 Å². The van der Waals surface area contributed by atoms with Crippen LogP contribution in [-0.2, 0) is 9.59 Å². The monoisotopic (exact) mass is 627 g/mol. The van der Waals surface area contributed by atoms with E-state index in [4.69, 9.17) is 0 Å². The maximum absolute atomic E-state index is 13.5. The highest BCUT2D eigenvalue weighted by atomic mass is 16.2. The molecule has 0 radical (unpaired) electrons. The minimum atomic E-state index is -0.188. The standard InChI is InChI=1S/C34H74N8O2/c1-12-37(13-2)22-24-39(16-5)28-31(41(18-7)19-8)33(43)35-26-30(11)27-36-34(44)32(42(20-9)21-10)29-40(17-6)25-23-38(14-3)15-4/h30-32H,12-29H2,1-11H3,(H,35,43)(H,36,44). The maximum Gasteiger partial charge on any atom is 0.238 e. The van der Waals surface area contributed by atoms with Gasteiger partial charge in [0.1, 0.15) is 12.1 Å². The highest BCUT2D eigenvalue weighted by molar-refractivity contribution is 5.82. The Morgan fingerprint density at radius 1 is 0.455 bits per heavy atom. The molecule has 0 rings (SSSR count). The lowest BCUT2D eigenvalue weighted by atomic mass is 10.1. The third-order valence-corrected chi connectivity index (χ3v) is 9.37. The molecule has 0 aliphatic carbocycles. The first kappa shape index (κ1) is 42.7. The summed E-state index contributed by atoms with van der Waals surface area (Å²) in [5.41, 5.74) is 0. The molecule has 2 amide bonds. The van der Waals surface area contributed by atoms with E-state index in [0.717, 1.165) is 105 Å². The van der Waals surface area contributed by atoms with Gasteiger partial charge in [-0.15, -0.1) is 0 Å². The van der Waals surface area contributed by atoms with Crippen LogP contribution in [0.4, 0.5) is 0 Å². The number of carbonyl (C=O) groups is 2. The van der Waals surface area contributed by atoms with E-state index in [-0.39, 0.29) is 29.8 Å². The quantitative estimate of drug-likeness (QED) is 0.137. The topological polar surface area (TPSA) is 77.6 Å². The molecule has 10 heteroatoms. The Morgan fingerprint density at radius 3 is 0.977 bits per heavy atom. The molecule has 0 aromatic heterocycles. The Bertz CT molecular complexity index is 653. The average Bonchev–Trinajstić information content (AvgIpc) is 3.05. The lowest BCUT2D eigenvalue weighted by molar-refractivity contribution is -0.127. The van der Waals surface area contributed by atoms with Crippen LogP contribution in [0.5, 0.6) is 0 Å². The van der Waals surface area contributed by atoms with E-state index in [1.54, 1.807) is 0 Å². The van der Waals surface area contributed by atoms with Gasteiger partial charge in [-0.2, -0.15) is 0 Å². The number of likely N-dealkylation sites (N-methyl/N-ethyl adjacent to an activating group) is 6. The van der Waals surface area contributed by atoms with Crippen molar-refractivity contribution in [2.45, 2.75) is 88.2 Å². The second kappa shape index (κ2) is 25.8. The summed E-state index contributed by atoms with van der Waals surface area (Å²) in [7, 11) is 0. The van der Waals surface area contributed by atoms with Crippen molar-refractivity contribution in [1.82, 2.24) is 40.0 Å².